The maximum atomic E-state index is 13.8. The molecule has 4 aliphatic rings. The summed E-state index contributed by atoms with van der Waals surface area (Å²) < 4.78 is 4.92. The molecule has 2 atom stereocenters. The Morgan fingerprint density at radius 1 is 1.03 bits per heavy atom. The quantitative estimate of drug-likeness (QED) is 0.502. The van der Waals surface area contributed by atoms with Gasteiger partial charge in [0.1, 0.15) is 12.1 Å². The number of para-hydroxylation sites is 1. The molecule has 4 saturated carbocycles. The third kappa shape index (κ3) is 4.57. The fourth-order valence-electron chi connectivity index (χ4n) is 7.31. The highest BCUT2D eigenvalue weighted by atomic mass is 16.5. The van der Waals surface area contributed by atoms with Crippen molar-refractivity contribution in [2.24, 2.45) is 29.1 Å². The molecule has 0 spiro atoms. The van der Waals surface area contributed by atoms with Crippen LogP contribution in [0.4, 0.5) is 0 Å². The highest BCUT2D eigenvalue weighted by Gasteiger charge is 2.55. The first-order valence-electron chi connectivity index (χ1n) is 13.0. The highest BCUT2D eigenvalue weighted by Crippen LogP contribution is 2.60. The summed E-state index contributed by atoms with van der Waals surface area (Å²) in [6, 6.07) is 6.39. The minimum atomic E-state index is -0.777. The van der Waals surface area contributed by atoms with E-state index in [9.17, 15) is 14.4 Å². The second-order valence-electron chi connectivity index (χ2n) is 11.5. The molecule has 0 unspecified atom stereocenters. The molecule has 1 heterocycles. The van der Waals surface area contributed by atoms with Gasteiger partial charge in [-0.2, -0.15) is 0 Å². The monoisotopic (exact) mass is 479 g/mol. The number of rotatable bonds is 8. The van der Waals surface area contributed by atoms with Crippen molar-refractivity contribution in [3.63, 3.8) is 0 Å². The Morgan fingerprint density at radius 3 is 2.26 bits per heavy atom. The molecule has 7 nitrogen and oxygen atoms in total. The number of amides is 2. The molecule has 0 saturated heterocycles. The number of methoxy groups -OCH3 is 1. The molecule has 4 bridgehead atoms. The van der Waals surface area contributed by atoms with E-state index in [-0.39, 0.29) is 23.1 Å². The van der Waals surface area contributed by atoms with Gasteiger partial charge in [0.15, 0.2) is 0 Å². The van der Waals surface area contributed by atoms with Crippen LogP contribution in [0, 0.1) is 29.1 Å². The van der Waals surface area contributed by atoms with Gasteiger partial charge in [0, 0.05) is 28.9 Å². The fourth-order valence-corrected chi connectivity index (χ4v) is 7.31. The van der Waals surface area contributed by atoms with Gasteiger partial charge in [-0.25, -0.2) is 4.79 Å². The highest BCUT2D eigenvalue weighted by molar-refractivity contribution is 5.93. The summed E-state index contributed by atoms with van der Waals surface area (Å²) in [7, 11) is 1.32. The Balaban J connectivity index is 1.40. The third-order valence-corrected chi connectivity index (χ3v) is 8.66. The standard InChI is InChI=1S/C28H37N3O4/c1-16(2)24(26(33)35-3)31-25(32)23(11-20-15-29-22-7-5-4-6-21(20)22)30-27(34)28-12-17-8-18(13-28)10-19(9-17)14-28/h4-7,15-19,23-24,29H,8-14H2,1-3H3,(H,30,34)(H,31,32)/t17?,18?,19?,23-,24-,28?/m0/s1. The topological polar surface area (TPSA) is 100 Å². The van der Waals surface area contributed by atoms with Crippen LogP contribution in [0.5, 0.6) is 0 Å². The Labute approximate surface area is 206 Å². The molecule has 6 rings (SSSR count). The Hall–Kier alpha value is -2.83. The van der Waals surface area contributed by atoms with Crippen molar-refractivity contribution >= 4 is 28.7 Å². The number of H-pyrrole nitrogens is 1. The maximum Gasteiger partial charge on any atom is 0.328 e. The number of carbonyl (C=O) groups is 3. The van der Waals surface area contributed by atoms with E-state index < -0.39 is 18.1 Å². The molecule has 2 amide bonds. The van der Waals surface area contributed by atoms with E-state index in [1.807, 2.05) is 44.3 Å². The number of benzene rings is 1. The summed E-state index contributed by atoms with van der Waals surface area (Å²) in [6.45, 7) is 3.73. The number of carbonyl (C=O) groups excluding carboxylic acids is 3. The molecule has 4 fully saturated rings. The van der Waals surface area contributed by atoms with Gasteiger partial charge in [-0.3, -0.25) is 9.59 Å². The van der Waals surface area contributed by atoms with E-state index in [1.54, 1.807) is 0 Å². The van der Waals surface area contributed by atoms with Gasteiger partial charge in [-0.15, -0.1) is 0 Å². The number of aromatic nitrogens is 1. The van der Waals surface area contributed by atoms with Gasteiger partial charge in [0.25, 0.3) is 0 Å². The normalized spacial score (nSPS) is 28.6. The molecule has 0 radical (unpaired) electrons. The van der Waals surface area contributed by atoms with E-state index in [4.69, 9.17) is 4.74 Å². The average molecular weight is 480 g/mol. The molecule has 2 aromatic rings. The Morgan fingerprint density at radius 2 is 1.66 bits per heavy atom. The summed E-state index contributed by atoms with van der Waals surface area (Å²) in [5.74, 6) is 0.950. The molecule has 7 heteroatoms. The van der Waals surface area contributed by atoms with E-state index in [0.717, 1.165) is 35.7 Å². The molecular weight excluding hydrogens is 442 g/mol. The summed E-state index contributed by atoms with van der Waals surface area (Å²) in [4.78, 5) is 43.0. The number of ether oxygens (including phenoxy) is 1. The second kappa shape index (κ2) is 9.32. The number of aromatic amines is 1. The molecule has 188 valence electrons. The number of esters is 1. The van der Waals surface area contributed by atoms with Crippen LogP contribution in [0.25, 0.3) is 10.9 Å². The Kier molecular flexibility index (Phi) is 6.36. The van der Waals surface area contributed by atoms with Crippen LogP contribution in [0.2, 0.25) is 0 Å². The third-order valence-electron chi connectivity index (χ3n) is 8.66. The molecule has 35 heavy (non-hydrogen) atoms. The van der Waals surface area contributed by atoms with Crippen LogP contribution >= 0.6 is 0 Å². The van der Waals surface area contributed by atoms with Crippen molar-refractivity contribution in [1.29, 1.82) is 0 Å². The summed E-state index contributed by atoms with van der Waals surface area (Å²) in [5, 5.41) is 7.06. The van der Waals surface area contributed by atoms with Crippen molar-refractivity contribution in [3.8, 4) is 0 Å². The molecule has 1 aromatic carbocycles. The van der Waals surface area contributed by atoms with Crippen LogP contribution in [-0.4, -0.2) is 42.0 Å². The van der Waals surface area contributed by atoms with Gasteiger partial charge >= 0.3 is 5.97 Å². The van der Waals surface area contributed by atoms with E-state index >= 15 is 0 Å². The van der Waals surface area contributed by atoms with Gasteiger partial charge in [-0.1, -0.05) is 32.0 Å². The minimum absolute atomic E-state index is 0.00996. The predicted octanol–water partition coefficient (Wildman–Crippen LogP) is 3.73. The van der Waals surface area contributed by atoms with E-state index in [2.05, 4.69) is 15.6 Å². The first kappa shape index (κ1) is 23.9. The summed E-state index contributed by atoms with van der Waals surface area (Å²) in [5.41, 5.74) is 1.60. The van der Waals surface area contributed by atoms with Crippen molar-refractivity contribution < 1.29 is 19.1 Å². The van der Waals surface area contributed by atoms with Crippen LogP contribution < -0.4 is 10.6 Å². The van der Waals surface area contributed by atoms with E-state index in [1.165, 1.54) is 26.4 Å². The molecule has 0 aliphatic heterocycles. The predicted molar refractivity (Wildman–Crippen MR) is 133 cm³/mol. The molecule has 4 aliphatic carbocycles. The van der Waals surface area contributed by atoms with Crippen LogP contribution in [0.15, 0.2) is 30.5 Å². The smallest absolute Gasteiger partial charge is 0.328 e. The van der Waals surface area contributed by atoms with Gasteiger partial charge in [-0.05, 0) is 73.8 Å². The van der Waals surface area contributed by atoms with E-state index in [0.29, 0.717) is 24.2 Å². The number of hydrogen-bond acceptors (Lipinski definition) is 4. The molecular formula is C28H37N3O4. The zero-order valence-corrected chi connectivity index (χ0v) is 20.9. The van der Waals surface area contributed by atoms with Crippen molar-refractivity contribution in [2.75, 3.05) is 7.11 Å². The molecule has 1 aromatic heterocycles. The van der Waals surface area contributed by atoms with Crippen molar-refractivity contribution in [3.05, 3.63) is 36.0 Å². The van der Waals surface area contributed by atoms with Crippen LogP contribution in [0.1, 0.15) is 57.9 Å². The molecule has 3 N–H and O–H groups in total. The fraction of sp³-hybridized carbons (Fsp3) is 0.607. The zero-order chi connectivity index (χ0) is 24.7. The van der Waals surface area contributed by atoms with Gasteiger partial charge < -0.3 is 20.4 Å². The van der Waals surface area contributed by atoms with Crippen molar-refractivity contribution in [2.45, 2.75) is 70.9 Å². The average Bonchev–Trinajstić information content (AvgIpc) is 3.23. The number of nitrogens with one attached hydrogen (secondary N) is 3. The minimum Gasteiger partial charge on any atom is -0.467 e. The first-order chi connectivity index (χ1) is 16.8. The van der Waals surface area contributed by atoms with Gasteiger partial charge in [0.05, 0.1) is 7.11 Å². The van der Waals surface area contributed by atoms with Crippen LogP contribution in [0.3, 0.4) is 0 Å². The number of hydrogen-bond donors (Lipinski definition) is 3. The van der Waals surface area contributed by atoms with Gasteiger partial charge in [0.2, 0.25) is 11.8 Å². The lowest BCUT2D eigenvalue weighted by atomic mass is 9.49. The first-order valence-corrected chi connectivity index (χ1v) is 13.0. The maximum absolute atomic E-state index is 13.8. The van der Waals surface area contributed by atoms with Crippen LogP contribution in [-0.2, 0) is 25.5 Å². The lowest BCUT2D eigenvalue weighted by Gasteiger charge is -2.55. The Bertz CT molecular complexity index is 1090. The number of fused-ring (bicyclic) bond motifs is 1. The second-order valence-corrected chi connectivity index (χ2v) is 11.5. The lowest BCUT2D eigenvalue weighted by Crippen LogP contribution is -2.59. The zero-order valence-electron chi connectivity index (χ0n) is 20.9. The van der Waals surface area contributed by atoms with Crippen molar-refractivity contribution in [1.82, 2.24) is 15.6 Å². The summed E-state index contributed by atoms with van der Waals surface area (Å²) in [6.07, 6.45) is 8.81. The largest absolute Gasteiger partial charge is 0.467 e. The lowest BCUT2D eigenvalue weighted by molar-refractivity contribution is -0.149. The summed E-state index contributed by atoms with van der Waals surface area (Å²) >= 11 is 0. The SMILES string of the molecule is COC(=O)[C@@H](NC(=O)[C@H](Cc1c[nH]c2ccccc12)NC(=O)C12CC3CC(CC(C3)C1)C2)C(C)C.